The van der Waals surface area contributed by atoms with E-state index < -0.39 is 0 Å². The first kappa shape index (κ1) is 15.3. The highest BCUT2D eigenvalue weighted by molar-refractivity contribution is 9.12. The fourth-order valence-electron chi connectivity index (χ4n) is 2.39. The van der Waals surface area contributed by atoms with E-state index in [9.17, 15) is 4.79 Å². The second-order valence-corrected chi connectivity index (χ2v) is 8.63. The maximum absolute atomic E-state index is 12.5. The van der Waals surface area contributed by atoms with Gasteiger partial charge in [0.15, 0.2) is 0 Å². The van der Waals surface area contributed by atoms with Crippen LogP contribution < -0.4 is 0 Å². The van der Waals surface area contributed by atoms with Crippen LogP contribution in [0.4, 0.5) is 0 Å². The van der Waals surface area contributed by atoms with E-state index in [0.29, 0.717) is 0 Å². The van der Waals surface area contributed by atoms with Gasteiger partial charge in [0.05, 0.1) is 25.9 Å². The number of carbonyl (C=O) groups is 1. The Labute approximate surface area is 144 Å². The van der Waals surface area contributed by atoms with Crippen molar-refractivity contribution in [1.29, 1.82) is 0 Å². The quantitative estimate of drug-likeness (QED) is 0.738. The van der Waals surface area contributed by atoms with Gasteiger partial charge in [-0.15, -0.1) is 11.3 Å². The van der Waals surface area contributed by atoms with Crippen LogP contribution in [0.2, 0.25) is 0 Å². The lowest BCUT2D eigenvalue weighted by atomic mass is 10.2. The highest BCUT2D eigenvalue weighted by Gasteiger charge is 2.24. The first-order valence-corrected chi connectivity index (χ1v) is 9.02. The molecule has 0 atom stereocenters. The molecule has 3 rings (SSSR count). The third-order valence-electron chi connectivity index (χ3n) is 3.51. The van der Waals surface area contributed by atoms with Crippen LogP contribution >= 0.6 is 43.2 Å². The molecule has 21 heavy (non-hydrogen) atoms. The van der Waals surface area contributed by atoms with Crippen LogP contribution in [0.3, 0.4) is 0 Å². The SMILES string of the molecule is O=C(c1cc(Br)sc1Br)N1CCN(Cc2ccco2)CC1. The van der Waals surface area contributed by atoms with E-state index in [2.05, 4.69) is 36.8 Å². The number of halogens is 2. The summed E-state index contributed by atoms with van der Waals surface area (Å²) in [4.78, 5) is 16.7. The summed E-state index contributed by atoms with van der Waals surface area (Å²) in [6.07, 6.45) is 1.70. The lowest BCUT2D eigenvalue weighted by Crippen LogP contribution is -2.48. The molecule has 7 heteroatoms. The Balaban J connectivity index is 1.58. The molecule has 2 aromatic rings. The molecule has 1 amide bonds. The monoisotopic (exact) mass is 432 g/mol. The Hall–Kier alpha value is -0.630. The number of carbonyl (C=O) groups excluding carboxylic acids is 1. The zero-order valence-electron chi connectivity index (χ0n) is 11.2. The molecule has 0 unspecified atom stereocenters. The minimum Gasteiger partial charge on any atom is -0.468 e. The molecule has 0 bridgehead atoms. The van der Waals surface area contributed by atoms with Gasteiger partial charge in [0.25, 0.3) is 5.91 Å². The average molecular weight is 434 g/mol. The van der Waals surface area contributed by atoms with Crippen molar-refractivity contribution in [2.24, 2.45) is 0 Å². The van der Waals surface area contributed by atoms with Crippen molar-refractivity contribution in [3.8, 4) is 0 Å². The Morgan fingerprint density at radius 1 is 1.29 bits per heavy atom. The summed E-state index contributed by atoms with van der Waals surface area (Å²) in [5.74, 6) is 1.07. The fourth-order valence-corrected chi connectivity index (χ4v) is 5.17. The van der Waals surface area contributed by atoms with Gasteiger partial charge < -0.3 is 9.32 Å². The molecule has 1 fully saturated rings. The van der Waals surface area contributed by atoms with Crippen LogP contribution in [-0.2, 0) is 6.54 Å². The van der Waals surface area contributed by atoms with Crippen molar-refractivity contribution in [2.75, 3.05) is 26.2 Å². The van der Waals surface area contributed by atoms with E-state index in [4.69, 9.17) is 4.42 Å². The highest BCUT2D eigenvalue weighted by atomic mass is 79.9. The standard InChI is InChI=1S/C14H14Br2N2O2S/c15-12-8-11(13(16)21-12)14(19)18-5-3-17(4-6-18)9-10-2-1-7-20-10/h1-2,7-8H,3-6,9H2. The Morgan fingerprint density at radius 2 is 2.05 bits per heavy atom. The summed E-state index contributed by atoms with van der Waals surface area (Å²) in [6.45, 7) is 4.05. The van der Waals surface area contributed by atoms with Gasteiger partial charge in [0.2, 0.25) is 0 Å². The van der Waals surface area contributed by atoms with Crippen LogP contribution in [-0.4, -0.2) is 41.9 Å². The predicted molar refractivity (Wildman–Crippen MR) is 89.6 cm³/mol. The van der Waals surface area contributed by atoms with Gasteiger partial charge in [0, 0.05) is 26.2 Å². The van der Waals surface area contributed by atoms with Crippen LogP contribution in [0.1, 0.15) is 16.1 Å². The van der Waals surface area contributed by atoms with E-state index in [0.717, 1.165) is 51.6 Å². The van der Waals surface area contributed by atoms with Crippen LogP contribution in [0.5, 0.6) is 0 Å². The van der Waals surface area contributed by atoms with Gasteiger partial charge in [-0.05, 0) is 50.1 Å². The number of piperazine rings is 1. The van der Waals surface area contributed by atoms with Crippen LogP contribution in [0, 0.1) is 0 Å². The van der Waals surface area contributed by atoms with Crippen molar-refractivity contribution in [3.05, 3.63) is 43.4 Å². The van der Waals surface area contributed by atoms with Crippen molar-refractivity contribution < 1.29 is 9.21 Å². The largest absolute Gasteiger partial charge is 0.468 e. The van der Waals surface area contributed by atoms with Crippen molar-refractivity contribution in [3.63, 3.8) is 0 Å². The number of rotatable bonds is 3. The summed E-state index contributed by atoms with van der Waals surface area (Å²) in [5.41, 5.74) is 0.742. The molecule has 0 saturated carbocycles. The molecule has 2 aromatic heterocycles. The molecule has 0 radical (unpaired) electrons. The number of furan rings is 1. The second kappa shape index (κ2) is 6.64. The molecular formula is C14H14Br2N2O2S. The maximum Gasteiger partial charge on any atom is 0.255 e. The van der Waals surface area contributed by atoms with Crippen molar-refractivity contribution >= 4 is 49.1 Å². The molecule has 1 saturated heterocycles. The Bertz CT molecular complexity index is 619. The molecule has 0 aromatic carbocycles. The van der Waals surface area contributed by atoms with E-state index in [1.165, 1.54) is 11.3 Å². The van der Waals surface area contributed by atoms with Gasteiger partial charge in [0.1, 0.15) is 5.76 Å². The topological polar surface area (TPSA) is 36.7 Å². The first-order valence-electron chi connectivity index (χ1n) is 6.62. The number of thiophene rings is 1. The molecule has 0 spiro atoms. The van der Waals surface area contributed by atoms with Crippen molar-refractivity contribution in [1.82, 2.24) is 9.80 Å². The normalized spacial score (nSPS) is 16.4. The highest BCUT2D eigenvalue weighted by Crippen LogP contribution is 2.32. The molecule has 1 aliphatic rings. The number of nitrogens with zero attached hydrogens (tertiary/aromatic N) is 2. The van der Waals surface area contributed by atoms with E-state index in [-0.39, 0.29) is 5.91 Å². The Morgan fingerprint density at radius 3 is 2.62 bits per heavy atom. The third kappa shape index (κ3) is 3.59. The fraction of sp³-hybridized carbons (Fsp3) is 0.357. The summed E-state index contributed by atoms with van der Waals surface area (Å²) in [5, 5.41) is 0. The number of hydrogen-bond acceptors (Lipinski definition) is 4. The first-order chi connectivity index (χ1) is 10.1. The minimum absolute atomic E-state index is 0.0986. The smallest absolute Gasteiger partial charge is 0.255 e. The maximum atomic E-state index is 12.5. The summed E-state index contributed by atoms with van der Waals surface area (Å²) in [7, 11) is 0. The van der Waals surface area contributed by atoms with Gasteiger partial charge in [-0.1, -0.05) is 0 Å². The average Bonchev–Trinajstić information content (AvgIpc) is 3.08. The van der Waals surface area contributed by atoms with Crippen LogP contribution in [0.15, 0.2) is 36.5 Å². The van der Waals surface area contributed by atoms with Crippen molar-refractivity contribution in [2.45, 2.75) is 6.54 Å². The van der Waals surface area contributed by atoms with E-state index in [1.54, 1.807) is 6.26 Å². The summed E-state index contributed by atoms with van der Waals surface area (Å²) < 4.78 is 7.22. The van der Waals surface area contributed by atoms with Crippen LogP contribution in [0.25, 0.3) is 0 Å². The van der Waals surface area contributed by atoms with Gasteiger partial charge in [-0.3, -0.25) is 9.69 Å². The van der Waals surface area contributed by atoms with Gasteiger partial charge in [-0.25, -0.2) is 0 Å². The van der Waals surface area contributed by atoms with Gasteiger partial charge >= 0.3 is 0 Å². The lowest BCUT2D eigenvalue weighted by molar-refractivity contribution is 0.0620. The zero-order valence-corrected chi connectivity index (χ0v) is 15.2. The molecule has 0 N–H and O–H groups in total. The summed E-state index contributed by atoms with van der Waals surface area (Å²) in [6, 6.07) is 5.77. The molecule has 3 heterocycles. The molecule has 112 valence electrons. The molecule has 0 aliphatic carbocycles. The minimum atomic E-state index is 0.0986. The predicted octanol–water partition coefficient (Wildman–Crippen LogP) is 3.82. The number of amides is 1. The molecule has 1 aliphatic heterocycles. The van der Waals surface area contributed by atoms with E-state index >= 15 is 0 Å². The van der Waals surface area contributed by atoms with Gasteiger partial charge in [-0.2, -0.15) is 0 Å². The van der Waals surface area contributed by atoms with E-state index in [1.807, 2.05) is 23.1 Å². The molecule has 4 nitrogen and oxygen atoms in total. The summed E-state index contributed by atoms with van der Waals surface area (Å²) >= 11 is 8.40. The zero-order chi connectivity index (χ0) is 14.8. The number of hydrogen-bond donors (Lipinski definition) is 0. The third-order valence-corrected chi connectivity index (χ3v) is 5.85. The Kier molecular flexibility index (Phi) is 4.83. The lowest BCUT2D eigenvalue weighted by Gasteiger charge is -2.34. The second-order valence-electron chi connectivity index (χ2n) is 4.89. The molecular weight excluding hydrogens is 420 g/mol.